The first-order valence-electron chi connectivity index (χ1n) is 12.6. The molecule has 1 saturated heterocycles. The Morgan fingerprint density at radius 1 is 1.08 bits per heavy atom. The molecule has 1 atom stereocenters. The molecular formula is C29H32Cl3N3O2. The van der Waals surface area contributed by atoms with Crippen LogP contribution in [0.3, 0.4) is 0 Å². The van der Waals surface area contributed by atoms with Crippen molar-refractivity contribution in [3.63, 3.8) is 0 Å². The molecule has 2 aliphatic heterocycles. The summed E-state index contributed by atoms with van der Waals surface area (Å²) < 4.78 is 6.35. The molecule has 1 spiro atoms. The Balaban J connectivity index is 0.00000320. The van der Waals surface area contributed by atoms with E-state index >= 15 is 0 Å². The number of rotatable bonds is 7. The van der Waals surface area contributed by atoms with Crippen LogP contribution in [0.1, 0.15) is 52.4 Å². The fourth-order valence-electron chi connectivity index (χ4n) is 5.66. The van der Waals surface area contributed by atoms with E-state index in [1.54, 1.807) is 22.1 Å². The summed E-state index contributed by atoms with van der Waals surface area (Å²) >= 11 is 12.6. The zero-order valence-corrected chi connectivity index (χ0v) is 23.2. The smallest absolute Gasteiger partial charge is 0.272 e. The molecule has 1 fully saturated rings. The maximum atomic E-state index is 13.0. The van der Waals surface area contributed by atoms with Crippen LogP contribution in [0, 0.1) is 0 Å². The Kier molecular flexibility index (Phi) is 9.15. The number of halogens is 3. The number of carbonyl (C=O) groups excluding carboxylic acids is 1. The molecule has 3 aromatic rings. The third kappa shape index (κ3) is 6.13. The van der Waals surface area contributed by atoms with E-state index in [1.165, 1.54) is 11.1 Å². The molecule has 5 nitrogen and oxygen atoms in total. The number of nitrogens with one attached hydrogen (secondary N) is 1. The molecule has 5 rings (SSSR count). The van der Waals surface area contributed by atoms with Crippen molar-refractivity contribution in [2.24, 2.45) is 0 Å². The van der Waals surface area contributed by atoms with Gasteiger partial charge in [-0.25, -0.2) is 0 Å². The van der Waals surface area contributed by atoms with E-state index in [1.807, 2.05) is 37.4 Å². The van der Waals surface area contributed by atoms with Gasteiger partial charge in [-0.2, -0.15) is 0 Å². The van der Waals surface area contributed by atoms with Crippen LogP contribution in [-0.2, 0) is 16.9 Å². The fraction of sp³-hybridized carbons (Fsp3) is 0.379. The quantitative estimate of drug-likeness (QED) is 0.479. The summed E-state index contributed by atoms with van der Waals surface area (Å²) in [5, 5.41) is 1.09. The second-order valence-electron chi connectivity index (χ2n) is 10.00. The largest absolute Gasteiger partial charge is 1.00 e. The molecule has 1 amide bonds. The van der Waals surface area contributed by atoms with Gasteiger partial charge in [-0.1, -0.05) is 59.6 Å². The first-order valence-corrected chi connectivity index (χ1v) is 13.4. The van der Waals surface area contributed by atoms with E-state index < -0.39 is 0 Å². The molecule has 1 N–H and O–H groups in total. The summed E-state index contributed by atoms with van der Waals surface area (Å²) in [4.78, 5) is 20.6. The van der Waals surface area contributed by atoms with Crippen molar-refractivity contribution in [2.75, 3.05) is 33.2 Å². The number of pyridine rings is 1. The highest BCUT2D eigenvalue weighted by atomic mass is 35.5. The second-order valence-corrected chi connectivity index (χ2v) is 10.8. The highest BCUT2D eigenvalue weighted by Gasteiger charge is 2.44. The van der Waals surface area contributed by atoms with Crippen LogP contribution in [0.2, 0.25) is 10.0 Å². The number of piperidine rings is 1. The summed E-state index contributed by atoms with van der Waals surface area (Å²) in [5.41, 5.74) is 4.16. The lowest BCUT2D eigenvalue weighted by molar-refractivity contribution is -0.908. The molecule has 196 valence electrons. The normalized spacial score (nSPS) is 21.2. The van der Waals surface area contributed by atoms with Crippen LogP contribution in [0.15, 0.2) is 66.9 Å². The summed E-state index contributed by atoms with van der Waals surface area (Å²) in [6, 6.07) is 19.9. The number of quaternary nitrogens is 1. The maximum Gasteiger partial charge on any atom is 0.272 e. The van der Waals surface area contributed by atoms with E-state index in [9.17, 15) is 4.79 Å². The second kappa shape index (κ2) is 12.1. The van der Waals surface area contributed by atoms with E-state index in [0.717, 1.165) is 51.1 Å². The van der Waals surface area contributed by atoms with Crippen LogP contribution >= 0.6 is 23.2 Å². The number of hydrogen-bond acceptors (Lipinski definition) is 3. The van der Waals surface area contributed by atoms with Gasteiger partial charge in [0, 0.05) is 45.0 Å². The van der Waals surface area contributed by atoms with Gasteiger partial charge in [0.2, 0.25) is 0 Å². The lowest BCUT2D eigenvalue weighted by Crippen LogP contribution is -3.13. The topological polar surface area (TPSA) is 46.9 Å². The van der Waals surface area contributed by atoms with Gasteiger partial charge in [0.1, 0.15) is 11.3 Å². The molecule has 0 bridgehead atoms. The average molecular weight is 561 g/mol. The zero-order chi connectivity index (χ0) is 25.1. The first-order chi connectivity index (χ1) is 17.4. The minimum Gasteiger partial charge on any atom is -1.00 e. The van der Waals surface area contributed by atoms with Crippen LogP contribution < -0.4 is 17.3 Å². The Morgan fingerprint density at radius 3 is 2.57 bits per heavy atom. The lowest BCUT2D eigenvalue weighted by atomic mass is 9.83. The molecule has 8 heteroatoms. The standard InChI is InChI=1S/C29H31Cl2N3O2.ClH/c1-33(28(35)27-8-4-5-14-32-27)19-22(21-9-10-25(30)26(31)18-21)11-15-34-16-12-29(13-17-34)24-7-3-2-6-23(24)20-36-29;/h2-10,14,18,22H,11-13,15-17,19-20H2,1H3;1H. The minimum atomic E-state index is -0.113. The van der Waals surface area contributed by atoms with Crippen LogP contribution in [-0.4, -0.2) is 49.0 Å². The monoisotopic (exact) mass is 559 g/mol. The van der Waals surface area contributed by atoms with E-state index in [4.69, 9.17) is 27.9 Å². The van der Waals surface area contributed by atoms with Gasteiger partial charge in [-0.05, 0) is 41.0 Å². The molecule has 3 heterocycles. The third-order valence-corrected chi connectivity index (χ3v) is 8.50. The number of fused-ring (bicyclic) bond motifs is 2. The van der Waals surface area contributed by atoms with Crippen LogP contribution in [0.4, 0.5) is 0 Å². The predicted octanol–water partition coefficient (Wildman–Crippen LogP) is 1.74. The van der Waals surface area contributed by atoms with E-state index in [-0.39, 0.29) is 29.8 Å². The molecule has 2 aromatic carbocycles. The predicted molar refractivity (Wildman–Crippen MR) is 143 cm³/mol. The maximum absolute atomic E-state index is 13.0. The van der Waals surface area contributed by atoms with Gasteiger partial charge < -0.3 is 26.9 Å². The molecule has 37 heavy (non-hydrogen) atoms. The first kappa shape index (κ1) is 27.9. The highest BCUT2D eigenvalue weighted by Crippen LogP contribution is 2.42. The number of ether oxygens (including phenoxy) is 1. The number of nitrogens with zero attached hydrogens (tertiary/aromatic N) is 2. The van der Waals surface area contributed by atoms with Gasteiger partial charge in [0.25, 0.3) is 5.91 Å². The SMILES string of the molecule is CN(CC(CC[NH+]1CCC2(CC1)OCc1ccccc12)c1ccc(Cl)c(Cl)c1)C(=O)c1ccccn1.[Cl-]. The molecule has 0 saturated carbocycles. The zero-order valence-electron chi connectivity index (χ0n) is 20.9. The van der Waals surface area contributed by atoms with Crippen molar-refractivity contribution < 1.29 is 26.8 Å². The van der Waals surface area contributed by atoms with E-state index in [0.29, 0.717) is 22.3 Å². The number of benzene rings is 2. The van der Waals surface area contributed by atoms with Gasteiger partial charge >= 0.3 is 0 Å². The highest BCUT2D eigenvalue weighted by molar-refractivity contribution is 6.42. The van der Waals surface area contributed by atoms with Crippen LogP contribution in [0.5, 0.6) is 0 Å². The molecule has 1 unspecified atom stereocenters. The summed E-state index contributed by atoms with van der Waals surface area (Å²) in [6.07, 6.45) is 4.66. The van der Waals surface area contributed by atoms with E-state index in [2.05, 4.69) is 29.2 Å². The lowest BCUT2D eigenvalue weighted by Gasteiger charge is -2.37. The van der Waals surface area contributed by atoms with Gasteiger partial charge in [0.05, 0.1) is 36.3 Å². The van der Waals surface area contributed by atoms with Gasteiger partial charge in [-0.3, -0.25) is 9.78 Å². The Labute approximate surface area is 235 Å². The minimum absolute atomic E-state index is 0. The summed E-state index contributed by atoms with van der Waals surface area (Å²) in [7, 11) is 1.84. The number of aromatic nitrogens is 1. The average Bonchev–Trinajstić information content (AvgIpc) is 3.27. The fourth-order valence-corrected chi connectivity index (χ4v) is 5.97. The van der Waals surface area contributed by atoms with Crippen molar-refractivity contribution in [3.8, 4) is 0 Å². The summed E-state index contributed by atoms with van der Waals surface area (Å²) in [6.45, 7) is 4.48. The van der Waals surface area contributed by atoms with Crippen LogP contribution in [0.25, 0.3) is 0 Å². The summed E-state index contributed by atoms with van der Waals surface area (Å²) in [5.74, 6) is 0.0641. The molecule has 1 aromatic heterocycles. The molecule has 0 radical (unpaired) electrons. The van der Waals surface area contributed by atoms with Gasteiger partial charge in [-0.15, -0.1) is 0 Å². The Hall–Kier alpha value is -2.15. The van der Waals surface area contributed by atoms with Crippen molar-refractivity contribution >= 4 is 29.1 Å². The number of likely N-dealkylation sites (tertiary alicyclic amines) is 1. The molecule has 2 aliphatic rings. The molecule has 0 aliphatic carbocycles. The van der Waals surface area contributed by atoms with Crippen molar-refractivity contribution in [2.45, 2.75) is 37.4 Å². The third-order valence-electron chi connectivity index (χ3n) is 7.76. The number of amides is 1. The van der Waals surface area contributed by atoms with Crippen molar-refractivity contribution in [3.05, 3.63) is 99.3 Å². The number of hydrogen-bond donors (Lipinski definition) is 1. The number of carbonyl (C=O) groups is 1. The van der Waals surface area contributed by atoms with Crippen molar-refractivity contribution in [1.29, 1.82) is 0 Å². The molecular weight excluding hydrogens is 529 g/mol. The Morgan fingerprint density at radius 2 is 1.84 bits per heavy atom. The van der Waals surface area contributed by atoms with Crippen molar-refractivity contribution in [1.82, 2.24) is 9.88 Å². The number of likely N-dealkylation sites (N-methyl/N-ethyl adjacent to an activating group) is 1. The Bertz CT molecular complexity index is 1220. The van der Waals surface area contributed by atoms with Gasteiger partial charge in [0.15, 0.2) is 0 Å².